The van der Waals surface area contributed by atoms with E-state index < -0.39 is 0 Å². The first-order valence-electron chi connectivity index (χ1n) is 3.75. The van der Waals surface area contributed by atoms with Gasteiger partial charge in [0.1, 0.15) is 0 Å². The van der Waals surface area contributed by atoms with E-state index >= 15 is 0 Å². The summed E-state index contributed by atoms with van der Waals surface area (Å²) < 4.78 is 2.85. The fourth-order valence-corrected chi connectivity index (χ4v) is 2.55. The molecule has 0 aliphatic rings. The minimum absolute atomic E-state index is 0.0766. The second-order valence-electron chi connectivity index (χ2n) is 2.76. The van der Waals surface area contributed by atoms with Crippen LogP contribution in [0.4, 0.5) is 0 Å². The Bertz CT molecular complexity index is 564. The van der Waals surface area contributed by atoms with Gasteiger partial charge in [0.25, 0.3) is 0 Å². The fraction of sp³-hybridized carbons (Fsp3) is 0. The van der Waals surface area contributed by atoms with Crippen LogP contribution >= 0.6 is 43.5 Å². The first-order chi connectivity index (χ1) is 6.59. The average molecular weight is 337 g/mol. The van der Waals surface area contributed by atoms with E-state index in [2.05, 4.69) is 31.9 Å². The van der Waals surface area contributed by atoms with E-state index in [0.29, 0.717) is 14.0 Å². The van der Waals surface area contributed by atoms with Gasteiger partial charge < -0.3 is 4.40 Å². The van der Waals surface area contributed by atoms with Gasteiger partial charge in [-0.3, -0.25) is 4.79 Å². The van der Waals surface area contributed by atoms with Crippen molar-refractivity contribution in [3.8, 4) is 0 Å². The first-order valence-corrected chi connectivity index (χ1v) is 5.71. The number of hydrogen-bond donors (Lipinski definition) is 0. The van der Waals surface area contributed by atoms with E-state index in [0.717, 1.165) is 5.52 Å². The van der Waals surface area contributed by atoms with Gasteiger partial charge in [-0.2, -0.15) is 0 Å². The first kappa shape index (κ1) is 10.2. The minimum atomic E-state index is -0.0766. The molecule has 0 fully saturated rings. The molecule has 0 amide bonds. The number of hydrogen-bond acceptors (Lipinski definition) is 1. The third-order valence-corrected chi connectivity index (χ3v) is 3.41. The van der Waals surface area contributed by atoms with Gasteiger partial charge in [-0.1, -0.05) is 11.6 Å². The zero-order valence-electron chi connectivity index (χ0n) is 6.80. The van der Waals surface area contributed by atoms with Crippen LogP contribution in [0.1, 0.15) is 0 Å². The molecule has 0 saturated heterocycles. The Kier molecular flexibility index (Phi) is 2.68. The second kappa shape index (κ2) is 3.68. The van der Waals surface area contributed by atoms with E-state index in [4.69, 9.17) is 11.6 Å². The summed E-state index contributed by atoms with van der Waals surface area (Å²) in [6.45, 7) is 0. The van der Waals surface area contributed by atoms with Crippen molar-refractivity contribution in [1.82, 2.24) is 4.40 Å². The molecule has 0 radical (unpaired) electrons. The molecule has 0 aliphatic heterocycles. The van der Waals surface area contributed by atoms with Crippen LogP contribution < -0.4 is 5.43 Å². The van der Waals surface area contributed by atoms with E-state index in [1.165, 1.54) is 0 Å². The molecule has 2 aromatic heterocycles. The van der Waals surface area contributed by atoms with E-state index in [-0.39, 0.29) is 5.43 Å². The smallest absolute Gasteiger partial charge is 0.210 e. The van der Waals surface area contributed by atoms with Crippen LogP contribution in [-0.4, -0.2) is 4.40 Å². The molecular weight excluding hydrogens is 333 g/mol. The third kappa shape index (κ3) is 1.62. The van der Waals surface area contributed by atoms with Gasteiger partial charge in [-0.05, 0) is 44.0 Å². The van der Waals surface area contributed by atoms with E-state index in [9.17, 15) is 4.79 Å². The summed E-state index contributed by atoms with van der Waals surface area (Å²) in [5.41, 5.74) is 0.679. The van der Waals surface area contributed by atoms with Crippen molar-refractivity contribution in [3.63, 3.8) is 0 Å². The van der Waals surface area contributed by atoms with Crippen molar-refractivity contribution in [3.05, 3.63) is 48.7 Å². The number of fused-ring (bicyclic) bond motifs is 1. The van der Waals surface area contributed by atoms with Crippen LogP contribution in [0.25, 0.3) is 5.52 Å². The van der Waals surface area contributed by atoms with Gasteiger partial charge >= 0.3 is 0 Å². The highest BCUT2D eigenvalue weighted by molar-refractivity contribution is 9.11. The number of halogens is 3. The lowest BCUT2D eigenvalue weighted by Crippen LogP contribution is -2.06. The molecule has 0 bridgehead atoms. The van der Waals surface area contributed by atoms with Crippen LogP contribution in [0.2, 0.25) is 5.02 Å². The Morgan fingerprint density at radius 2 is 2.07 bits per heavy atom. The van der Waals surface area contributed by atoms with Crippen molar-refractivity contribution < 1.29 is 0 Å². The summed E-state index contributed by atoms with van der Waals surface area (Å²) in [5, 5.41) is 0.604. The van der Waals surface area contributed by atoms with Crippen LogP contribution in [0.5, 0.6) is 0 Å². The van der Waals surface area contributed by atoms with Crippen molar-refractivity contribution >= 4 is 49.0 Å². The summed E-state index contributed by atoms with van der Waals surface area (Å²) in [6, 6.07) is 3.50. The lowest BCUT2D eigenvalue weighted by atomic mass is 10.3. The van der Waals surface area contributed by atoms with Crippen molar-refractivity contribution in [2.45, 2.75) is 0 Å². The Morgan fingerprint density at radius 3 is 2.79 bits per heavy atom. The van der Waals surface area contributed by atoms with Gasteiger partial charge in [0.2, 0.25) is 5.43 Å². The number of aromatic nitrogens is 1. The predicted octanol–water partition coefficient (Wildman–Crippen LogP) is 3.48. The van der Waals surface area contributed by atoms with Crippen LogP contribution in [0.15, 0.2) is 38.3 Å². The molecule has 5 heteroatoms. The molecule has 72 valence electrons. The molecule has 2 aromatic rings. The van der Waals surface area contributed by atoms with E-state index in [1.54, 1.807) is 24.5 Å². The van der Waals surface area contributed by atoms with Crippen LogP contribution in [-0.2, 0) is 0 Å². The van der Waals surface area contributed by atoms with Gasteiger partial charge in [0.05, 0.1) is 14.5 Å². The molecule has 0 aromatic carbocycles. The van der Waals surface area contributed by atoms with Crippen molar-refractivity contribution in [2.24, 2.45) is 0 Å². The lowest BCUT2D eigenvalue weighted by Gasteiger charge is -2.04. The Morgan fingerprint density at radius 1 is 1.36 bits per heavy atom. The molecule has 14 heavy (non-hydrogen) atoms. The summed E-state index contributed by atoms with van der Waals surface area (Å²) >= 11 is 12.3. The van der Waals surface area contributed by atoms with Gasteiger partial charge in [0.15, 0.2) is 0 Å². The SMILES string of the molecule is O=c1c(Br)cn2ccc(Cl)cc2c1Br. The highest BCUT2D eigenvalue weighted by Crippen LogP contribution is 2.20. The van der Waals surface area contributed by atoms with Crippen LogP contribution in [0.3, 0.4) is 0 Å². The summed E-state index contributed by atoms with van der Waals surface area (Å²) in [5.74, 6) is 0. The monoisotopic (exact) mass is 335 g/mol. The van der Waals surface area contributed by atoms with Crippen molar-refractivity contribution in [1.29, 1.82) is 0 Å². The Labute approximate surface area is 102 Å². The standard InChI is InChI=1S/C9H4Br2ClNO/c10-6-4-13-2-1-5(12)3-7(13)8(11)9(6)14/h1-4H. The lowest BCUT2D eigenvalue weighted by molar-refractivity contribution is 1.13. The third-order valence-electron chi connectivity index (χ3n) is 1.84. The van der Waals surface area contributed by atoms with Crippen molar-refractivity contribution in [2.75, 3.05) is 0 Å². The molecular formula is C9H4Br2ClNO. The molecule has 2 heterocycles. The topological polar surface area (TPSA) is 21.5 Å². The molecule has 2 rings (SSSR count). The highest BCUT2D eigenvalue weighted by Gasteiger charge is 2.06. The summed E-state index contributed by atoms with van der Waals surface area (Å²) in [7, 11) is 0. The normalized spacial score (nSPS) is 10.8. The zero-order chi connectivity index (χ0) is 10.3. The molecule has 0 spiro atoms. The summed E-state index contributed by atoms with van der Waals surface area (Å²) in [6.07, 6.45) is 3.51. The van der Waals surface area contributed by atoms with Crippen LogP contribution in [0, 0.1) is 0 Å². The molecule has 0 atom stereocenters. The predicted molar refractivity (Wildman–Crippen MR) is 64.1 cm³/mol. The Balaban J connectivity index is 2.99. The van der Waals surface area contributed by atoms with Gasteiger partial charge in [-0.25, -0.2) is 0 Å². The Hall–Kier alpha value is -0.320. The summed E-state index contributed by atoms with van der Waals surface area (Å²) in [4.78, 5) is 11.5. The fourth-order valence-electron chi connectivity index (χ4n) is 1.18. The quantitative estimate of drug-likeness (QED) is 0.721. The average Bonchev–Trinajstić information content (AvgIpc) is 2.16. The maximum absolute atomic E-state index is 11.5. The molecule has 0 unspecified atom stereocenters. The van der Waals surface area contributed by atoms with Gasteiger partial charge in [-0.15, -0.1) is 0 Å². The zero-order valence-corrected chi connectivity index (χ0v) is 10.7. The molecule has 0 saturated carbocycles. The maximum atomic E-state index is 11.5. The highest BCUT2D eigenvalue weighted by atomic mass is 79.9. The maximum Gasteiger partial charge on any atom is 0.210 e. The molecule has 0 aliphatic carbocycles. The molecule has 0 N–H and O–H groups in total. The number of nitrogens with zero attached hydrogens (tertiary/aromatic N) is 1. The van der Waals surface area contributed by atoms with E-state index in [1.807, 2.05) is 4.40 Å². The number of rotatable bonds is 0. The number of pyridine rings is 2. The molecule has 2 nitrogen and oxygen atoms in total. The largest absolute Gasteiger partial charge is 0.321 e. The second-order valence-corrected chi connectivity index (χ2v) is 4.84. The minimum Gasteiger partial charge on any atom is -0.321 e. The van der Waals surface area contributed by atoms with Gasteiger partial charge in [0, 0.05) is 17.4 Å².